The van der Waals surface area contributed by atoms with Crippen LogP contribution in [0.5, 0.6) is 0 Å². The Morgan fingerprint density at radius 1 is 1.31 bits per heavy atom. The molecular weight excluding hydrogens is 224 g/mol. The number of carbonyl (C=O) groups is 1. The van der Waals surface area contributed by atoms with Gasteiger partial charge in [0.1, 0.15) is 0 Å². The van der Waals surface area contributed by atoms with Crippen LogP contribution in [0.4, 0.5) is 11.4 Å². The Hall–Kier alpha value is -1.35. The van der Waals surface area contributed by atoms with E-state index >= 15 is 0 Å². The van der Waals surface area contributed by atoms with Gasteiger partial charge in [0.15, 0.2) is 5.38 Å². The number of hydrogen-bond donors (Lipinski definition) is 1. The fourth-order valence-corrected chi connectivity index (χ4v) is 2.16. The number of nitrogens with one attached hydrogen (secondary N) is 1. The SMILES string of the molecule is O=C1Nc2ccccc2N=C(C2CC2)C1Cl. The first-order chi connectivity index (χ1) is 7.75. The van der Waals surface area contributed by atoms with Crippen LogP contribution in [0.1, 0.15) is 12.8 Å². The molecule has 0 radical (unpaired) electrons. The maximum absolute atomic E-state index is 11.8. The molecule has 0 saturated heterocycles. The lowest BCUT2D eigenvalue weighted by molar-refractivity contribution is -0.114. The molecule has 4 heteroatoms. The van der Waals surface area contributed by atoms with Gasteiger partial charge in [-0.1, -0.05) is 12.1 Å². The molecule has 1 heterocycles. The van der Waals surface area contributed by atoms with Gasteiger partial charge in [-0.2, -0.15) is 0 Å². The van der Waals surface area contributed by atoms with Crippen molar-refractivity contribution >= 4 is 34.6 Å². The third-order valence-electron chi connectivity index (χ3n) is 2.90. The number of hydrogen-bond acceptors (Lipinski definition) is 2. The summed E-state index contributed by atoms with van der Waals surface area (Å²) in [5, 5.41) is 2.17. The largest absolute Gasteiger partial charge is 0.323 e. The summed E-state index contributed by atoms with van der Waals surface area (Å²) in [4.78, 5) is 16.3. The standard InChI is InChI=1S/C12H11ClN2O/c13-10-11(7-5-6-7)14-8-3-1-2-4-9(8)15-12(10)16/h1-4,7,10H,5-6H2,(H,15,16). The Morgan fingerprint density at radius 3 is 2.81 bits per heavy atom. The normalized spacial score (nSPS) is 24.2. The molecule has 1 aliphatic heterocycles. The molecule has 0 spiro atoms. The third-order valence-corrected chi connectivity index (χ3v) is 3.32. The van der Waals surface area contributed by atoms with Crippen molar-refractivity contribution < 1.29 is 4.79 Å². The van der Waals surface area contributed by atoms with Crippen molar-refractivity contribution in [2.24, 2.45) is 10.9 Å². The van der Waals surface area contributed by atoms with Gasteiger partial charge >= 0.3 is 0 Å². The number of benzene rings is 1. The van der Waals surface area contributed by atoms with Crippen LogP contribution in [0.3, 0.4) is 0 Å². The number of carbonyl (C=O) groups excluding carboxylic acids is 1. The van der Waals surface area contributed by atoms with Crippen molar-refractivity contribution in [3.8, 4) is 0 Å². The highest BCUT2D eigenvalue weighted by molar-refractivity contribution is 6.45. The fraction of sp³-hybridized carbons (Fsp3) is 0.333. The van der Waals surface area contributed by atoms with Gasteiger partial charge in [-0.15, -0.1) is 11.6 Å². The second-order valence-electron chi connectivity index (χ2n) is 4.18. The Morgan fingerprint density at radius 2 is 2.06 bits per heavy atom. The summed E-state index contributed by atoms with van der Waals surface area (Å²) in [5.74, 6) is 0.233. The van der Waals surface area contributed by atoms with Crippen molar-refractivity contribution in [2.75, 3.05) is 5.32 Å². The van der Waals surface area contributed by atoms with Gasteiger partial charge in [-0.3, -0.25) is 9.79 Å². The van der Waals surface area contributed by atoms with Gasteiger partial charge in [0.2, 0.25) is 5.91 Å². The average molecular weight is 235 g/mol. The van der Waals surface area contributed by atoms with E-state index in [2.05, 4.69) is 10.3 Å². The molecule has 82 valence electrons. The van der Waals surface area contributed by atoms with Crippen LogP contribution in [0.2, 0.25) is 0 Å². The van der Waals surface area contributed by atoms with Crippen molar-refractivity contribution in [1.29, 1.82) is 0 Å². The van der Waals surface area contributed by atoms with E-state index in [1.807, 2.05) is 24.3 Å². The summed E-state index contributed by atoms with van der Waals surface area (Å²) in [6, 6.07) is 7.52. The van der Waals surface area contributed by atoms with E-state index in [1.54, 1.807) is 0 Å². The minimum absolute atomic E-state index is 0.169. The number of amides is 1. The second kappa shape index (κ2) is 3.59. The molecule has 1 aliphatic carbocycles. The number of rotatable bonds is 1. The number of aliphatic imine (C=N–C) groups is 1. The number of anilines is 1. The van der Waals surface area contributed by atoms with Crippen LogP contribution in [0.15, 0.2) is 29.3 Å². The van der Waals surface area contributed by atoms with Crippen LogP contribution >= 0.6 is 11.6 Å². The molecule has 1 N–H and O–H groups in total. The Labute approximate surface area is 98.5 Å². The Balaban J connectivity index is 2.10. The van der Waals surface area contributed by atoms with Gasteiger partial charge in [0, 0.05) is 5.71 Å². The van der Waals surface area contributed by atoms with Crippen molar-refractivity contribution in [1.82, 2.24) is 0 Å². The van der Waals surface area contributed by atoms with E-state index in [1.165, 1.54) is 0 Å². The van der Waals surface area contributed by atoms with Gasteiger partial charge in [0.25, 0.3) is 0 Å². The quantitative estimate of drug-likeness (QED) is 0.746. The molecule has 1 aromatic rings. The maximum atomic E-state index is 11.8. The van der Waals surface area contributed by atoms with Crippen molar-refractivity contribution in [3.05, 3.63) is 24.3 Å². The summed E-state index contributed by atoms with van der Waals surface area (Å²) in [6.07, 6.45) is 2.19. The smallest absolute Gasteiger partial charge is 0.248 e. The van der Waals surface area contributed by atoms with E-state index < -0.39 is 5.38 Å². The van der Waals surface area contributed by atoms with Gasteiger partial charge in [-0.25, -0.2) is 0 Å². The number of fused-ring (bicyclic) bond motifs is 1. The van der Waals surface area contributed by atoms with Crippen LogP contribution in [-0.2, 0) is 4.79 Å². The molecule has 16 heavy (non-hydrogen) atoms. The minimum atomic E-state index is -0.625. The van der Waals surface area contributed by atoms with Crippen molar-refractivity contribution in [3.63, 3.8) is 0 Å². The molecule has 1 fully saturated rings. The highest BCUT2D eigenvalue weighted by atomic mass is 35.5. The lowest BCUT2D eigenvalue weighted by Crippen LogP contribution is -2.30. The zero-order valence-electron chi connectivity index (χ0n) is 8.61. The lowest BCUT2D eigenvalue weighted by Gasteiger charge is -2.07. The predicted molar refractivity (Wildman–Crippen MR) is 64.5 cm³/mol. The first-order valence-corrected chi connectivity index (χ1v) is 5.82. The highest BCUT2D eigenvalue weighted by Gasteiger charge is 2.36. The first-order valence-electron chi connectivity index (χ1n) is 5.38. The lowest BCUT2D eigenvalue weighted by atomic mass is 10.1. The van der Waals surface area contributed by atoms with Gasteiger partial charge in [-0.05, 0) is 30.9 Å². The first kappa shape index (κ1) is 9.85. The zero-order valence-corrected chi connectivity index (χ0v) is 9.37. The highest BCUT2D eigenvalue weighted by Crippen LogP contribution is 2.37. The summed E-state index contributed by atoms with van der Waals surface area (Å²) in [6.45, 7) is 0. The second-order valence-corrected chi connectivity index (χ2v) is 4.62. The van der Waals surface area contributed by atoms with E-state index in [9.17, 15) is 4.79 Å². The van der Waals surface area contributed by atoms with E-state index in [0.29, 0.717) is 5.92 Å². The van der Waals surface area contributed by atoms with E-state index in [4.69, 9.17) is 11.6 Å². The monoisotopic (exact) mass is 234 g/mol. The fourth-order valence-electron chi connectivity index (χ4n) is 1.88. The minimum Gasteiger partial charge on any atom is -0.323 e. The van der Waals surface area contributed by atoms with Gasteiger partial charge < -0.3 is 5.32 Å². The molecule has 0 bridgehead atoms. The molecule has 0 aromatic heterocycles. The molecule has 3 nitrogen and oxygen atoms in total. The van der Waals surface area contributed by atoms with E-state index in [-0.39, 0.29) is 5.91 Å². The Kier molecular flexibility index (Phi) is 2.21. The third kappa shape index (κ3) is 1.61. The van der Waals surface area contributed by atoms with Gasteiger partial charge in [0.05, 0.1) is 11.4 Å². The van der Waals surface area contributed by atoms with Crippen molar-refractivity contribution in [2.45, 2.75) is 18.2 Å². The van der Waals surface area contributed by atoms with Crippen LogP contribution in [-0.4, -0.2) is 17.0 Å². The summed E-state index contributed by atoms with van der Waals surface area (Å²) >= 11 is 6.12. The van der Waals surface area contributed by atoms with E-state index in [0.717, 1.165) is 29.9 Å². The topological polar surface area (TPSA) is 41.5 Å². The molecule has 1 atom stereocenters. The molecule has 1 amide bonds. The number of halogens is 1. The molecule has 1 unspecified atom stereocenters. The maximum Gasteiger partial charge on any atom is 0.248 e. The molecule has 3 rings (SSSR count). The van der Waals surface area contributed by atoms with Crippen LogP contribution in [0.25, 0.3) is 0 Å². The van der Waals surface area contributed by atoms with Crippen LogP contribution in [0, 0.1) is 5.92 Å². The molecule has 1 saturated carbocycles. The summed E-state index contributed by atoms with van der Waals surface area (Å²) < 4.78 is 0. The predicted octanol–water partition coefficient (Wildman–Crippen LogP) is 2.73. The molecular formula is C12H11ClN2O. The zero-order chi connectivity index (χ0) is 11.1. The molecule has 1 aromatic carbocycles. The van der Waals surface area contributed by atoms with Crippen LogP contribution < -0.4 is 5.32 Å². The number of alkyl halides is 1. The summed E-state index contributed by atoms with van der Waals surface area (Å²) in [7, 11) is 0. The Bertz CT molecular complexity index is 480. The summed E-state index contributed by atoms with van der Waals surface area (Å²) in [5.41, 5.74) is 2.37. The number of para-hydroxylation sites is 2. The number of nitrogens with zero attached hydrogens (tertiary/aromatic N) is 1. The average Bonchev–Trinajstić information content (AvgIpc) is 3.10. The molecule has 2 aliphatic rings.